The van der Waals surface area contributed by atoms with E-state index in [9.17, 15) is 18.0 Å². The van der Waals surface area contributed by atoms with Crippen LogP contribution < -0.4 is 10.1 Å². The third-order valence-electron chi connectivity index (χ3n) is 3.88. The smallest absolute Gasteiger partial charge is 0.406 e. The molecule has 0 aromatic heterocycles. The molecule has 0 radical (unpaired) electrons. The molecule has 1 fully saturated rings. The van der Waals surface area contributed by atoms with Crippen molar-refractivity contribution in [3.8, 4) is 5.75 Å². The highest BCUT2D eigenvalue weighted by Crippen LogP contribution is 2.23. The summed E-state index contributed by atoms with van der Waals surface area (Å²) in [5.74, 6) is 0.191. The molecule has 1 atom stereocenters. The summed E-state index contributed by atoms with van der Waals surface area (Å²) < 4.78 is 40.1. The molecule has 1 saturated heterocycles. The Morgan fingerprint density at radius 3 is 2.58 bits per heavy atom. The maximum Gasteiger partial charge on any atom is 0.573 e. The van der Waals surface area contributed by atoms with E-state index in [4.69, 9.17) is 0 Å². The van der Waals surface area contributed by atoms with E-state index in [2.05, 4.69) is 10.1 Å². The maximum absolute atomic E-state index is 12.3. The van der Waals surface area contributed by atoms with Gasteiger partial charge in [0.1, 0.15) is 5.75 Å². The van der Waals surface area contributed by atoms with E-state index in [1.165, 1.54) is 24.3 Å². The van der Waals surface area contributed by atoms with Crippen LogP contribution in [0.2, 0.25) is 0 Å². The average Bonchev–Trinajstić information content (AvgIpc) is 2.48. The van der Waals surface area contributed by atoms with Gasteiger partial charge in [0, 0.05) is 13.1 Å². The first-order chi connectivity index (χ1) is 10.9. The second-order valence-corrected chi connectivity index (χ2v) is 5.77. The van der Waals surface area contributed by atoms with Crippen LogP contribution >= 0.6 is 12.4 Å². The Morgan fingerprint density at radius 1 is 1.33 bits per heavy atom. The fourth-order valence-electron chi connectivity index (χ4n) is 2.84. The van der Waals surface area contributed by atoms with E-state index in [0.29, 0.717) is 11.5 Å². The fraction of sp³-hybridized carbons (Fsp3) is 0.562. The molecule has 1 unspecified atom stereocenters. The number of carbonyl (C=O) groups is 1. The van der Waals surface area contributed by atoms with Crippen molar-refractivity contribution in [3.05, 3.63) is 29.8 Å². The van der Waals surface area contributed by atoms with Gasteiger partial charge in [0.05, 0.1) is 6.42 Å². The number of hydrogen-bond acceptors (Lipinski definition) is 3. The molecule has 1 amide bonds. The summed E-state index contributed by atoms with van der Waals surface area (Å²) in [5.41, 5.74) is 0.681. The lowest BCUT2D eigenvalue weighted by molar-refractivity contribution is -0.274. The van der Waals surface area contributed by atoms with E-state index in [1.807, 2.05) is 11.9 Å². The molecule has 1 N–H and O–H groups in total. The van der Waals surface area contributed by atoms with Gasteiger partial charge in [-0.3, -0.25) is 4.79 Å². The summed E-state index contributed by atoms with van der Waals surface area (Å²) >= 11 is 0. The van der Waals surface area contributed by atoms with Crippen molar-refractivity contribution in [1.82, 2.24) is 10.2 Å². The van der Waals surface area contributed by atoms with Crippen LogP contribution in [0, 0.1) is 5.92 Å². The molecule has 1 aromatic carbocycles. The molecule has 24 heavy (non-hydrogen) atoms. The fourth-order valence-corrected chi connectivity index (χ4v) is 2.84. The molecule has 136 valence electrons. The number of halogens is 4. The number of alkyl halides is 3. The maximum atomic E-state index is 12.3. The number of likely N-dealkylation sites (tertiary alicyclic amines) is 1. The van der Waals surface area contributed by atoms with Crippen molar-refractivity contribution in [2.24, 2.45) is 5.92 Å². The minimum absolute atomic E-state index is 0. The minimum atomic E-state index is -4.70. The van der Waals surface area contributed by atoms with Gasteiger partial charge in [-0.25, -0.2) is 0 Å². The Bertz CT molecular complexity index is 521. The van der Waals surface area contributed by atoms with E-state index < -0.39 is 6.36 Å². The average molecular weight is 367 g/mol. The van der Waals surface area contributed by atoms with Gasteiger partial charge in [-0.2, -0.15) is 0 Å². The van der Waals surface area contributed by atoms with Crippen LogP contribution in [0.1, 0.15) is 18.4 Å². The first-order valence-electron chi connectivity index (χ1n) is 7.64. The number of carbonyl (C=O) groups excluding carboxylic acids is 1. The lowest BCUT2D eigenvalue weighted by Gasteiger charge is -2.32. The number of nitrogens with zero attached hydrogens (tertiary/aromatic N) is 1. The van der Waals surface area contributed by atoms with Crippen LogP contribution in [0.4, 0.5) is 13.2 Å². The molecule has 1 aliphatic heterocycles. The molecule has 1 heterocycles. The summed E-state index contributed by atoms with van der Waals surface area (Å²) in [6.07, 6.45) is -2.42. The van der Waals surface area contributed by atoms with Gasteiger partial charge >= 0.3 is 6.36 Å². The quantitative estimate of drug-likeness (QED) is 0.871. The largest absolute Gasteiger partial charge is 0.573 e. The summed E-state index contributed by atoms with van der Waals surface area (Å²) in [6.45, 7) is 2.36. The summed E-state index contributed by atoms with van der Waals surface area (Å²) in [6, 6.07) is 5.45. The third-order valence-corrected chi connectivity index (χ3v) is 3.88. The topological polar surface area (TPSA) is 41.6 Å². The number of ether oxygens (including phenoxy) is 1. The molecular formula is C16H22ClF3N2O2. The van der Waals surface area contributed by atoms with Crippen LogP contribution in [-0.2, 0) is 11.2 Å². The second kappa shape index (κ2) is 9.13. The zero-order valence-electron chi connectivity index (χ0n) is 13.4. The summed E-state index contributed by atoms with van der Waals surface area (Å²) in [5, 5.41) is 3.13. The van der Waals surface area contributed by atoms with Crippen molar-refractivity contribution >= 4 is 18.3 Å². The third kappa shape index (κ3) is 6.57. The van der Waals surface area contributed by atoms with Crippen LogP contribution in [0.15, 0.2) is 24.3 Å². The molecule has 0 saturated carbocycles. The van der Waals surface area contributed by atoms with Crippen molar-refractivity contribution < 1.29 is 22.7 Å². The van der Waals surface area contributed by atoms with Crippen LogP contribution in [-0.4, -0.2) is 43.9 Å². The second-order valence-electron chi connectivity index (χ2n) is 5.77. The molecule has 4 nitrogen and oxygen atoms in total. The van der Waals surface area contributed by atoms with Gasteiger partial charge in [-0.15, -0.1) is 25.6 Å². The zero-order chi connectivity index (χ0) is 16.9. The van der Waals surface area contributed by atoms with Crippen LogP contribution in [0.5, 0.6) is 5.75 Å². The first kappa shape index (κ1) is 20.6. The van der Waals surface area contributed by atoms with E-state index in [1.54, 1.807) is 0 Å². The van der Waals surface area contributed by atoms with Crippen molar-refractivity contribution in [2.75, 3.05) is 26.7 Å². The summed E-state index contributed by atoms with van der Waals surface area (Å²) in [4.78, 5) is 14.2. The molecule has 8 heteroatoms. The monoisotopic (exact) mass is 366 g/mol. The highest BCUT2D eigenvalue weighted by atomic mass is 35.5. The molecular weight excluding hydrogens is 345 g/mol. The van der Waals surface area contributed by atoms with Gasteiger partial charge in [-0.1, -0.05) is 12.1 Å². The molecule has 1 aliphatic rings. The zero-order valence-corrected chi connectivity index (χ0v) is 14.3. The Kier molecular flexibility index (Phi) is 7.83. The first-order valence-corrected chi connectivity index (χ1v) is 7.64. The Labute approximate surface area is 145 Å². The lowest BCUT2D eigenvalue weighted by atomic mass is 9.97. The van der Waals surface area contributed by atoms with Crippen LogP contribution in [0.25, 0.3) is 0 Å². The van der Waals surface area contributed by atoms with Crippen molar-refractivity contribution in [3.63, 3.8) is 0 Å². The number of benzene rings is 1. The predicted octanol–water partition coefficient (Wildman–Crippen LogP) is 3.01. The highest BCUT2D eigenvalue weighted by molar-refractivity contribution is 5.85. The minimum Gasteiger partial charge on any atom is -0.406 e. The highest BCUT2D eigenvalue weighted by Gasteiger charge is 2.31. The van der Waals surface area contributed by atoms with Crippen LogP contribution in [0.3, 0.4) is 0 Å². The van der Waals surface area contributed by atoms with Gasteiger partial charge in [0.2, 0.25) is 5.91 Å². The standard InChI is InChI=1S/C16H21F3N2O2.ClH/c1-20-10-13-3-2-8-21(11-13)15(22)9-12-4-6-14(7-5-12)23-16(17,18)19;/h4-7,13,20H,2-3,8-11H2,1H3;1H. The Hall–Kier alpha value is -1.47. The van der Waals surface area contributed by atoms with Gasteiger partial charge in [0.25, 0.3) is 0 Å². The van der Waals surface area contributed by atoms with E-state index in [-0.39, 0.29) is 30.5 Å². The Morgan fingerprint density at radius 2 is 2.00 bits per heavy atom. The SMILES string of the molecule is CNCC1CCCN(C(=O)Cc2ccc(OC(F)(F)F)cc2)C1.Cl. The lowest BCUT2D eigenvalue weighted by Crippen LogP contribution is -2.43. The molecule has 0 aliphatic carbocycles. The van der Waals surface area contributed by atoms with Gasteiger partial charge < -0.3 is 15.0 Å². The number of rotatable bonds is 5. The molecule has 2 rings (SSSR count). The van der Waals surface area contributed by atoms with Crippen molar-refractivity contribution in [2.45, 2.75) is 25.6 Å². The summed E-state index contributed by atoms with van der Waals surface area (Å²) in [7, 11) is 1.89. The predicted molar refractivity (Wildman–Crippen MR) is 87.3 cm³/mol. The number of hydrogen-bond donors (Lipinski definition) is 1. The number of piperidine rings is 1. The Balaban J connectivity index is 0.00000288. The van der Waals surface area contributed by atoms with Gasteiger partial charge in [0.15, 0.2) is 0 Å². The number of nitrogens with one attached hydrogen (secondary N) is 1. The van der Waals surface area contributed by atoms with E-state index in [0.717, 1.165) is 32.5 Å². The number of amides is 1. The van der Waals surface area contributed by atoms with E-state index >= 15 is 0 Å². The van der Waals surface area contributed by atoms with Crippen molar-refractivity contribution in [1.29, 1.82) is 0 Å². The molecule has 0 spiro atoms. The molecule has 0 bridgehead atoms. The van der Waals surface area contributed by atoms with Gasteiger partial charge in [-0.05, 0) is 50.0 Å². The molecule has 1 aromatic rings. The normalized spacial score (nSPS) is 18.0.